The number of ether oxygens (including phenoxy) is 2. The number of sulfonamides is 1. The summed E-state index contributed by atoms with van der Waals surface area (Å²) >= 11 is 0. The molecule has 0 radical (unpaired) electrons. The van der Waals surface area contributed by atoms with Gasteiger partial charge in [-0.05, 0) is 48.0 Å². The molecule has 0 aliphatic heterocycles. The maximum atomic E-state index is 12.8. The van der Waals surface area contributed by atoms with E-state index in [9.17, 15) is 28.4 Å². The topological polar surface area (TPSA) is 170 Å². The van der Waals surface area contributed by atoms with Crippen LogP contribution in [0, 0.1) is 10.1 Å². The van der Waals surface area contributed by atoms with Crippen LogP contribution in [-0.4, -0.2) is 36.4 Å². The Morgan fingerprint density at radius 3 is 2.58 bits per heavy atom. The van der Waals surface area contributed by atoms with E-state index < -0.39 is 26.5 Å². The molecule has 0 saturated carbocycles. The SMILES string of the molecule is COc1cc(CNC(=O)c2cc(NS(=O)(=O)c3cccc([N+](=O)[O-])c3)ccc2O)ccc1OCc1cccnc1. The summed E-state index contributed by atoms with van der Waals surface area (Å²) in [7, 11) is -2.72. The fraction of sp³-hybridized carbons (Fsp3) is 0.111. The first kappa shape index (κ1) is 27.9. The van der Waals surface area contributed by atoms with Gasteiger partial charge in [0.1, 0.15) is 12.4 Å². The van der Waals surface area contributed by atoms with Gasteiger partial charge in [-0.25, -0.2) is 8.42 Å². The molecule has 1 amide bonds. The second kappa shape index (κ2) is 12.1. The highest BCUT2D eigenvalue weighted by atomic mass is 32.2. The number of nitro groups is 1. The largest absolute Gasteiger partial charge is 0.507 e. The van der Waals surface area contributed by atoms with Gasteiger partial charge in [-0.15, -0.1) is 0 Å². The number of carbonyl (C=O) groups excluding carboxylic acids is 1. The van der Waals surface area contributed by atoms with Crippen LogP contribution in [0.2, 0.25) is 0 Å². The summed E-state index contributed by atoms with van der Waals surface area (Å²) in [6.45, 7) is 0.363. The molecule has 206 valence electrons. The number of rotatable bonds is 11. The number of anilines is 1. The molecule has 0 bridgehead atoms. The summed E-state index contributed by atoms with van der Waals surface area (Å²) < 4.78 is 39.0. The van der Waals surface area contributed by atoms with Gasteiger partial charge in [-0.2, -0.15) is 0 Å². The first-order chi connectivity index (χ1) is 19.2. The second-order valence-electron chi connectivity index (χ2n) is 8.41. The first-order valence-corrected chi connectivity index (χ1v) is 13.2. The quantitative estimate of drug-likeness (QED) is 0.138. The molecule has 4 rings (SSSR count). The Kier molecular flexibility index (Phi) is 8.45. The molecule has 0 unspecified atom stereocenters. The Bertz CT molecular complexity index is 1650. The van der Waals surface area contributed by atoms with Gasteiger partial charge < -0.3 is 19.9 Å². The highest BCUT2D eigenvalue weighted by molar-refractivity contribution is 7.92. The number of nitro benzene ring substituents is 1. The Morgan fingerprint density at radius 2 is 1.85 bits per heavy atom. The number of non-ortho nitro benzene ring substituents is 1. The number of nitrogens with zero attached hydrogens (tertiary/aromatic N) is 2. The minimum atomic E-state index is -4.21. The van der Waals surface area contributed by atoms with Crippen LogP contribution in [-0.2, 0) is 23.2 Å². The molecule has 0 atom stereocenters. The van der Waals surface area contributed by atoms with Crippen molar-refractivity contribution in [2.75, 3.05) is 11.8 Å². The smallest absolute Gasteiger partial charge is 0.270 e. The predicted molar refractivity (Wildman–Crippen MR) is 145 cm³/mol. The van der Waals surface area contributed by atoms with E-state index >= 15 is 0 Å². The number of benzene rings is 3. The lowest BCUT2D eigenvalue weighted by molar-refractivity contribution is -0.385. The van der Waals surface area contributed by atoms with Gasteiger partial charge in [0.2, 0.25) is 0 Å². The molecule has 40 heavy (non-hydrogen) atoms. The summed E-state index contributed by atoms with van der Waals surface area (Å²) in [6.07, 6.45) is 3.36. The first-order valence-electron chi connectivity index (χ1n) is 11.7. The van der Waals surface area contributed by atoms with Crippen LogP contribution in [0.1, 0.15) is 21.5 Å². The third-order valence-electron chi connectivity index (χ3n) is 5.63. The molecule has 1 heterocycles. The molecule has 13 heteroatoms. The van der Waals surface area contributed by atoms with Crippen molar-refractivity contribution in [1.29, 1.82) is 0 Å². The minimum Gasteiger partial charge on any atom is -0.507 e. The maximum absolute atomic E-state index is 12.8. The summed E-state index contributed by atoms with van der Waals surface area (Å²) in [5.74, 6) is -0.0730. The zero-order valence-electron chi connectivity index (χ0n) is 21.1. The lowest BCUT2D eigenvalue weighted by atomic mass is 10.1. The van der Waals surface area contributed by atoms with Crippen LogP contribution in [0.25, 0.3) is 0 Å². The van der Waals surface area contributed by atoms with Crippen LogP contribution >= 0.6 is 0 Å². The molecule has 0 aliphatic carbocycles. The van der Waals surface area contributed by atoms with Gasteiger partial charge >= 0.3 is 0 Å². The third kappa shape index (κ3) is 6.82. The van der Waals surface area contributed by atoms with Crippen LogP contribution in [0.3, 0.4) is 0 Å². The number of phenolic OH excluding ortho intramolecular Hbond substituents is 1. The normalized spacial score (nSPS) is 10.9. The minimum absolute atomic E-state index is 0.0220. The van der Waals surface area contributed by atoms with Crippen molar-refractivity contribution in [3.63, 3.8) is 0 Å². The number of phenols is 1. The van der Waals surface area contributed by atoms with E-state index in [1.54, 1.807) is 30.6 Å². The highest BCUT2D eigenvalue weighted by Gasteiger charge is 2.20. The van der Waals surface area contributed by atoms with Crippen LogP contribution in [0.15, 0.2) is 90.1 Å². The molecular weight excluding hydrogens is 540 g/mol. The number of hydrogen-bond acceptors (Lipinski definition) is 9. The van der Waals surface area contributed by atoms with Crippen molar-refractivity contribution in [3.05, 3.63) is 112 Å². The molecule has 0 saturated heterocycles. The zero-order chi connectivity index (χ0) is 28.7. The van der Waals surface area contributed by atoms with Crippen molar-refractivity contribution in [2.24, 2.45) is 0 Å². The number of aromatic nitrogens is 1. The molecule has 3 aromatic carbocycles. The summed E-state index contributed by atoms with van der Waals surface area (Å²) in [4.78, 5) is 26.8. The second-order valence-corrected chi connectivity index (χ2v) is 10.1. The van der Waals surface area contributed by atoms with E-state index in [0.717, 1.165) is 23.8 Å². The molecule has 1 aromatic heterocycles. The van der Waals surface area contributed by atoms with Gasteiger partial charge in [0, 0.05) is 42.3 Å². The summed E-state index contributed by atoms with van der Waals surface area (Å²) in [5.41, 5.74) is 0.975. The molecule has 0 fully saturated rings. The zero-order valence-corrected chi connectivity index (χ0v) is 21.9. The number of hydrogen-bond donors (Lipinski definition) is 3. The number of amides is 1. The molecule has 0 aliphatic rings. The molecule has 0 spiro atoms. The number of aromatic hydroxyl groups is 1. The van der Waals surface area contributed by atoms with Gasteiger partial charge in [0.15, 0.2) is 11.5 Å². The fourth-order valence-electron chi connectivity index (χ4n) is 3.62. The number of carbonyl (C=O) groups is 1. The van der Waals surface area contributed by atoms with Gasteiger partial charge in [-0.1, -0.05) is 18.2 Å². The third-order valence-corrected chi connectivity index (χ3v) is 7.01. The summed E-state index contributed by atoms with van der Waals surface area (Å²) in [6, 6.07) is 17.0. The van der Waals surface area contributed by atoms with Gasteiger partial charge in [0.05, 0.1) is 22.5 Å². The van der Waals surface area contributed by atoms with Crippen molar-refractivity contribution >= 4 is 27.3 Å². The fourth-order valence-corrected chi connectivity index (χ4v) is 4.71. The van der Waals surface area contributed by atoms with Crippen LogP contribution in [0.5, 0.6) is 17.2 Å². The summed E-state index contributed by atoms with van der Waals surface area (Å²) in [5, 5.41) is 23.9. The van der Waals surface area contributed by atoms with E-state index in [-0.39, 0.29) is 28.4 Å². The van der Waals surface area contributed by atoms with Gasteiger partial charge in [0.25, 0.3) is 21.6 Å². The van der Waals surface area contributed by atoms with Crippen molar-refractivity contribution < 1.29 is 32.7 Å². The monoisotopic (exact) mass is 564 g/mol. The van der Waals surface area contributed by atoms with E-state index in [1.807, 2.05) is 12.1 Å². The molecule has 4 aromatic rings. The standard InChI is InChI=1S/C27H24N4O8S/c1-38-26-12-18(7-10-25(26)39-17-19-4-3-11-28-15-19)16-29-27(33)23-13-20(8-9-24(23)32)30-40(36,37)22-6-2-5-21(14-22)31(34)35/h2-15,30,32H,16-17H2,1H3,(H,29,33). The number of nitrogens with one attached hydrogen (secondary N) is 2. The van der Waals surface area contributed by atoms with E-state index in [2.05, 4.69) is 15.0 Å². The van der Waals surface area contributed by atoms with Crippen LogP contribution < -0.4 is 19.5 Å². The van der Waals surface area contributed by atoms with Crippen molar-refractivity contribution in [2.45, 2.75) is 18.0 Å². The number of methoxy groups -OCH3 is 1. The average molecular weight is 565 g/mol. The van der Waals surface area contributed by atoms with E-state index in [0.29, 0.717) is 23.7 Å². The maximum Gasteiger partial charge on any atom is 0.270 e. The van der Waals surface area contributed by atoms with Crippen molar-refractivity contribution in [3.8, 4) is 17.2 Å². The average Bonchev–Trinajstić information content (AvgIpc) is 2.96. The molecular formula is C27H24N4O8S. The Morgan fingerprint density at radius 1 is 1.02 bits per heavy atom. The lowest BCUT2D eigenvalue weighted by Crippen LogP contribution is -2.23. The van der Waals surface area contributed by atoms with Gasteiger partial charge in [-0.3, -0.25) is 24.6 Å². The Hall–Kier alpha value is -5.17. The van der Waals surface area contributed by atoms with E-state index in [1.165, 1.54) is 31.4 Å². The van der Waals surface area contributed by atoms with E-state index in [4.69, 9.17) is 9.47 Å². The Balaban J connectivity index is 1.43. The lowest BCUT2D eigenvalue weighted by Gasteiger charge is -2.13. The highest BCUT2D eigenvalue weighted by Crippen LogP contribution is 2.29. The number of pyridine rings is 1. The Labute approximate surface area is 229 Å². The predicted octanol–water partition coefficient (Wildman–Crippen LogP) is 4.01. The van der Waals surface area contributed by atoms with Crippen molar-refractivity contribution in [1.82, 2.24) is 10.3 Å². The molecule has 12 nitrogen and oxygen atoms in total. The molecule has 3 N–H and O–H groups in total. The van der Waals surface area contributed by atoms with Crippen LogP contribution in [0.4, 0.5) is 11.4 Å².